The van der Waals surface area contributed by atoms with Gasteiger partial charge in [0.15, 0.2) is 0 Å². The van der Waals surface area contributed by atoms with Crippen molar-refractivity contribution in [2.45, 2.75) is 33.6 Å². The summed E-state index contributed by atoms with van der Waals surface area (Å²) in [5.74, 6) is 0.542. The minimum atomic E-state index is -0.0254. The van der Waals surface area contributed by atoms with E-state index in [4.69, 9.17) is 0 Å². The van der Waals surface area contributed by atoms with E-state index in [9.17, 15) is 0 Å². The first-order valence-electron chi connectivity index (χ1n) is 18.3. The van der Waals surface area contributed by atoms with E-state index in [2.05, 4.69) is 188 Å². The van der Waals surface area contributed by atoms with Gasteiger partial charge in [-0.3, -0.25) is 0 Å². The number of aryl methyl sites for hydroxylation is 1. The highest BCUT2D eigenvalue weighted by Crippen LogP contribution is 2.47. The van der Waals surface area contributed by atoms with E-state index in [1.807, 2.05) is 0 Å². The van der Waals surface area contributed by atoms with Crippen molar-refractivity contribution < 1.29 is 0 Å². The molecule has 0 bridgehead atoms. The monoisotopic (exact) mass is 656 g/mol. The number of benzene rings is 6. The highest BCUT2D eigenvalue weighted by atomic mass is 15.1. The molecule has 2 heteroatoms. The molecule has 2 unspecified atom stereocenters. The van der Waals surface area contributed by atoms with Crippen molar-refractivity contribution in [2.75, 3.05) is 4.90 Å². The molecule has 246 valence electrons. The maximum Gasteiger partial charge on any atom is 0.0562 e. The Balaban J connectivity index is 1.24. The Bertz CT molecular complexity index is 2730. The maximum absolute atomic E-state index is 2.50. The quantitative estimate of drug-likeness (QED) is 0.171. The Labute approximate surface area is 299 Å². The molecule has 0 fully saturated rings. The molecular formula is C49H40N2. The lowest BCUT2D eigenvalue weighted by atomic mass is 9.73. The smallest absolute Gasteiger partial charge is 0.0562 e. The molecule has 0 saturated carbocycles. The largest absolute Gasteiger partial charge is 0.310 e. The van der Waals surface area contributed by atoms with Gasteiger partial charge < -0.3 is 9.47 Å². The van der Waals surface area contributed by atoms with Gasteiger partial charge in [0.1, 0.15) is 0 Å². The summed E-state index contributed by atoms with van der Waals surface area (Å²) >= 11 is 0. The van der Waals surface area contributed by atoms with Gasteiger partial charge in [0.2, 0.25) is 0 Å². The lowest BCUT2D eigenvalue weighted by molar-refractivity contribution is 0.527. The van der Waals surface area contributed by atoms with Gasteiger partial charge in [0.05, 0.1) is 11.0 Å². The van der Waals surface area contributed by atoms with Crippen LogP contribution in [0.1, 0.15) is 37.0 Å². The second-order valence-corrected chi connectivity index (χ2v) is 15.0. The fourth-order valence-electron chi connectivity index (χ4n) is 8.93. The number of para-hydroxylation sites is 1. The van der Waals surface area contributed by atoms with Crippen molar-refractivity contribution in [3.8, 4) is 0 Å². The van der Waals surface area contributed by atoms with Gasteiger partial charge in [-0.15, -0.1) is 0 Å². The molecule has 2 nitrogen and oxygen atoms in total. The molecular weight excluding hydrogens is 617 g/mol. The van der Waals surface area contributed by atoms with Gasteiger partial charge in [-0.2, -0.15) is 0 Å². The Kier molecular flexibility index (Phi) is 6.67. The molecule has 7 aromatic rings. The van der Waals surface area contributed by atoms with E-state index in [0.29, 0.717) is 5.92 Å². The maximum atomic E-state index is 2.50. The van der Waals surface area contributed by atoms with E-state index in [1.54, 1.807) is 0 Å². The summed E-state index contributed by atoms with van der Waals surface area (Å²) in [6.45, 7) is 6.84. The summed E-state index contributed by atoms with van der Waals surface area (Å²) < 4.78 is 2.50. The predicted octanol–water partition coefficient (Wildman–Crippen LogP) is 13.4. The lowest BCUT2D eigenvalue weighted by Gasteiger charge is -2.34. The number of fused-ring (bicyclic) bond motifs is 10. The van der Waals surface area contributed by atoms with Crippen LogP contribution in [0, 0.1) is 18.3 Å². The number of allylic oxidation sites excluding steroid dienone is 9. The molecule has 51 heavy (non-hydrogen) atoms. The van der Waals surface area contributed by atoms with Crippen LogP contribution in [0.4, 0.5) is 17.1 Å². The molecule has 3 aliphatic rings. The fourth-order valence-corrected chi connectivity index (χ4v) is 8.93. The van der Waals surface area contributed by atoms with Crippen molar-refractivity contribution in [3.63, 3.8) is 0 Å². The topological polar surface area (TPSA) is 8.17 Å². The normalized spacial score (nSPS) is 19.4. The predicted molar refractivity (Wildman–Crippen MR) is 219 cm³/mol. The molecule has 10 rings (SSSR count). The number of rotatable bonds is 4. The summed E-state index contributed by atoms with van der Waals surface area (Å²) in [5, 5.41) is 7.85. The average Bonchev–Trinajstić information content (AvgIpc) is 3.48. The number of anilines is 3. The zero-order valence-corrected chi connectivity index (χ0v) is 29.4. The standard InChI is InChI=1S/C49H40N2/c1-32-17-20-34(21-18-32)50(35-22-25-40-39-24-19-33(2)29-43(39)37-11-4-5-12-38(37)44(40)30-35)36-23-26-42-41-13-6-7-15-46(41)51(48(42)31-36)47-16-10-28-49(3)27-9-8-14-45(47)49/h4-27,30-31,33H,28-29H2,1-3H3. The molecule has 0 amide bonds. The Morgan fingerprint density at radius 1 is 0.647 bits per heavy atom. The van der Waals surface area contributed by atoms with Crippen LogP contribution in [0.2, 0.25) is 0 Å². The SMILES string of the molecule is Cc1ccc(N(c2ccc3c4c(c5ccccc5c3c2)CC(C)C=C4)c2ccc3c4ccccc4n(C4=C5C=CC=CC5(C)CC=C4)c3c2)cc1. The summed E-state index contributed by atoms with van der Waals surface area (Å²) in [6, 6.07) is 41.0. The van der Waals surface area contributed by atoms with Gasteiger partial charge in [0, 0.05) is 38.9 Å². The molecule has 0 N–H and O–H groups in total. The minimum absolute atomic E-state index is 0.0254. The highest BCUT2D eigenvalue weighted by molar-refractivity contribution is 6.15. The lowest BCUT2D eigenvalue weighted by Crippen LogP contribution is -2.21. The molecule has 3 aliphatic carbocycles. The van der Waals surface area contributed by atoms with Crippen molar-refractivity contribution >= 4 is 72.2 Å². The number of hydrogen-bond acceptors (Lipinski definition) is 1. The van der Waals surface area contributed by atoms with Crippen molar-refractivity contribution in [3.05, 3.63) is 174 Å². The first kappa shape index (κ1) is 30.0. The summed E-state index contributed by atoms with van der Waals surface area (Å²) in [7, 11) is 0. The van der Waals surface area contributed by atoms with Crippen LogP contribution in [0.3, 0.4) is 0 Å². The first-order chi connectivity index (χ1) is 25.0. The van der Waals surface area contributed by atoms with Gasteiger partial charge >= 0.3 is 0 Å². The van der Waals surface area contributed by atoms with Gasteiger partial charge in [-0.1, -0.05) is 129 Å². The Hall–Kier alpha value is -5.86. The third-order valence-electron chi connectivity index (χ3n) is 11.5. The zero-order chi connectivity index (χ0) is 34.3. The van der Waals surface area contributed by atoms with E-state index in [1.165, 1.54) is 71.3 Å². The Morgan fingerprint density at radius 3 is 2.20 bits per heavy atom. The third kappa shape index (κ3) is 4.63. The number of aromatic nitrogens is 1. The van der Waals surface area contributed by atoms with E-state index < -0.39 is 0 Å². The van der Waals surface area contributed by atoms with Crippen LogP contribution in [-0.2, 0) is 6.42 Å². The number of hydrogen-bond donors (Lipinski definition) is 0. The van der Waals surface area contributed by atoms with Crippen LogP contribution >= 0.6 is 0 Å². The van der Waals surface area contributed by atoms with Crippen molar-refractivity contribution in [1.29, 1.82) is 0 Å². The number of nitrogens with zero attached hydrogens (tertiary/aromatic N) is 2. The van der Waals surface area contributed by atoms with Gasteiger partial charge in [0.25, 0.3) is 0 Å². The second kappa shape index (κ2) is 11.3. The van der Waals surface area contributed by atoms with E-state index >= 15 is 0 Å². The first-order valence-corrected chi connectivity index (χ1v) is 18.3. The van der Waals surface area contributed by atoms with Gasteiger partial charge in [-0.05, 0) is 112 Å². The Morgan fingerprint density at radius 2 is 1.35 bits per heavy atom. The van der Waals surface area contributed by atoms with Crippen LogP contribution in [0.25, 0.3) is 55.1 Å². The molecule has 0 saturated heterocycles. The summed E-state index contributed by atoms with van der Waals surface area (Å²) in [4.78, 5) is 2.44. The fraction of sp³-hybridized carbons (Fsp3) is 0.143. The molecule has 2 atom stereocenters. The second-order valence-electron chi connectivity index (χ2n) is 15.0. The molecule has 0 spiro atoms. The molecule has 1 heterocycles. The average molecular weight is 657 g/mol. The minimum Gasteiger partial charge on any atom is -0.310 e. The van der Waals surface area contributed by atoms with Crippen LogP contribution in [-0.4, -0.2) is 4.57 Å². The van der Waals surface area contributed by atoms with Crippen molar-refractivity contribution in [1.82, 2.24) is 4.57 Å². The molecule has 0 radical (unpaired) electrons. The third-order valence-corrected chi connectivity index (χ3v) is 11.5. The summed E-state index contributed by atoms with van der Waals surface area (Å²) in [5.41, 5.74) is 12.6. The van der Waals surface area contributed by atoms with E-state index in [0.717, 1.165) is 29.9 Å². The molecule has 6 aromatic carbocycles. The van der Waals surface area contributed by atoms with E-state index in [-0.39, 0.29) is 5.41 Å². The summed E-state index contributed by atoms with van der Waals surface area (Å²) in [6.07, 6.45) is 20.6. The van der Waals surface area contributed by atoms with Crippen LogP contribution in [0.5, 0.6) is 0 Å². The van der Waals surface area contributed by atoms with Gasteiger partial charge in [-0.25, -0.2) is 0 Å². The molecule has 0 aliphatic heterocycles. The van der Waals surface area contributed by atoms with Crippen molar-refractivity contribution in [2.24, 2.45) is 11.3 Å². The zero-order valence-electron chi connectivity index (χ0n) is 29.4. The van der Waals surface area contributed by atoms with Crippen LogP contribution in [0.15, 0.2) is 157 Å². The molecule has 1 aromatic heterocycles. The van der Waals surface area contributed by atoms with Crippen LogP contribution < -0.4 is 4.90 Å². The highest BCUT2D eigenvalue weighted by Gasteiger charge is 2.31.